The van der Waals surface area contributed by atoms with Crippen LogP contribution in [0.2, 0.25) is 0 Å². The van der Waals surface area contributed by atoms with E-state index in [9.17, 15) is 9.90 Å². The lowest BCUT2D eigenvalue weighted by atomic mass is 10.00. The third kappa shape index (κ3) is 5.53. The first-order valence-corrected chi connectivity index (χ1v) is 12.6. The van der Waals surface area contributed by atoms with Gasteiger partial charge in [-0.1, -0.05) is 54.6 Å². The van der Waals surface area contributed by atoms with Crippen molar-refractivity contribution in [3.63, 3.8) is 0 Å². The molecule has 1 aromatic heterocycles. The smallest absolute Gasteiger partial charge is 0.261 e. The fourth-order valence-electron chi connectivity index (χ4n) is 4.85. The first-order valence-electron chi connectivity index (χ1n) is 11.8. The maximum atomic E-state index is 12.8. The van der Waals surface area contributed by atoms with E-state index in [1.807, 2.05) is 12.1 Å². The fourth-order valence-corrected chi connectivity index (χ4v) is 5.93. The Labute approximate surface area is 199 Å². The Balaban J connectivity index is 1.11. The summed E-state index contributed by atoms with van der Waals surface area (Å²) in [6, 6.07) is 21.1. The van der Waals surface area contributed by atoms with Crippen molar-refractivity contribution in [1.82, 2.24) is 15.1 Å². The molecule has 0 spiro atoms. The van der Waals surface area contributed by atoms with Crippen molar-refractivity contribution < 1.29 is 9.90 Å². The molecule has 0 aliphatic carbocycles. The zero-order valence-electron chi connectivity index (χ0n) is 18.9. The number of hydrogen-bond acceptors (Lipinski definition) is 5. The van der Waals surface area contributed by atoms with E-state index in [1.54, 1.807) is 11.3 Å². The summed E-state index contributed by atoms with van der Waals surface area (Å²) in [4.78, 5) is 19.5. The van der Waals surface area contributed by atoms with Gasteiger partial charge in [-0.15, -0.1) is 11.3 Å². The molecule has 172 valence electrons. The molecule has 6 heteroatoms. The molecule has 0 bridgehead atoms. The van der Waals surface area contributed by atoms with E-state index in [0.717, 1.165) is 50.4 Å². The predicted octanol–water partition coefficient (Wildman–Crippen LogP) is 3.46. The third-order valence-corrected chi connectivity index (χ3v) is 7.83. The number of aliphatic hydroxyl groups excluding tert-OH is 1. The Kier molecular flexibility index (Phi) is 6.88. The molecule has 2 N–H and O–H groups in total. The molecular weight excluding hydrogens is 430 g/mol. The van der Waals surface area contributed by atoms with Gasteiger partial charge < -0.3 is 10.4 Å². The number of nitrogens with zero attached hydrogens (tertiary/aromatic N) is 2. The van der Waals surface area contributed by atoms with Gasteiger partial charge in [0.05, 0.1) is 11.0 Å². The molecule has 3 aromatic rings. The summed E-state index contributed by atoms with van der Waals surface area (Å²) in [5.41, 5.74) is 5.33. The van der Waals surface area contributed by atoms with Crippen molar-refractivity contribution >= 4 is 17.2 Å². The number of β-amino-alcohol motifs (C(OH)–C–C–N with tert-alkyl or cyclic N) is 1. The summed E-state index contributed by atoms with van der Waals surface area (Å²) in [5.74, 6) is -0.0768. The molecule has 1 atom stereocenters. The van der Waals surface area contributed by atoms with Gasteiger partial charge in [0.25, 0.3) is 5.91 Å². The van der Waals surface area contributed by atoms with Gasteiger partial charge in [-0.25, -0.2) is 0 Å². The van der Waals surface area contributed by atoms with Crippen molar-refractivity contribution in [2.24, 2.45) is 0 Å². The number of nitrogens with one attached hydrogen (secondary N) is 1. The van der Waals surface area contributed by atoms with Crippen LogP contribution < -0.4 is 5.32 Å². The molecule has 0 fully saturated rings. The van der Waals surface area contributed by atoms with Crippen molar-refractivity contribution in [2.75, 3.05) is 26.2 Å². The fraction of sp³-hybridized carbons (Fsp3) is 0.370. The van der Waals surface area contributed by atoms with Gasteiger partial charge in [0.15, 0.2) is 0 Å². The van der Waals surface area contributed by atoms with Gasteiger partial charge in [-0.2, -0.15) is 0 Å². The minimum atomic E-state index is -0.574. The number of aliphatic hydroxyl groups is 1. The number of carbonyl (C=O) groups is 1. The Hall–Kier alpha value is -2.51. The average Bonchev–Trinajstić information content (AvgIpc) is 3.27. The van der Waals surface area contributed by atoms with Crippen molar-refractivity contribution in [2.45, 2.75) is 38.6 Å². The zero-order valence-corrected chi connectivity index (χ0v) is 19.7. The topological polar surface area (TPSA) is 55.8 Å². The van der Waals surface area contributed by atoms with E-state index >= 15 is 0 Å². The van der Waals surface area contributed by atoms with Crippen LogP contribution in [0.1, 0.15) is 36.8 Å². The van der Waals surface area contributed by atoms with Crippen LogP contribution in [-0.4, -0.2) is 53.1 Å². The summed E-state index contributed by atoms with van der Waals surface area (Å²) in [5, 5.41) is 13.5. The van der Waals surface area contributed by atoms with E-state index in [0.29, 0.717) is 6.54 Å². The lowest BCUT2D eigenvalue weighted by molar-refractivity contribution is 0.0845. The highest BCUT2D eigenvalue weighted by atomic mass is 32.1. The molecule has 1 unspecified atom stereocenters. The molecule has 2 aliphatic rings. The van der Waals surface area contributed by atoms with Gasteiger partial charge >= 0.3 is 0 Å². The van der Waals surface area contributed by atoms with Crippen LogP contribution in [0, 0.1) is 0 Å². The van der Waals surface area contributed by atoms with Crippen LogP contribution in [-0.2, 0) is 32.5 Å². The molecule has 3 heterocycles. The Morgan fingerprint density at radius 1 is 0.939 bits per heavy atom. The van der Waals surface area contributed by atoms with Crippen molar-refractivity contribution in [3.05, 3.63) is 92.7 Å². The molecule has 2 aliphatic heterocycles. The van der Waals surface area contributed by atoms with E-state index in [2.05, 4.69) is 63.6 Å². The number of benzene rings is 2. The maximum Gasteiger partial charge on any atom is 0.261 e. The zero-order chi connectivity index (χ0) is 22.6. The van der Waals surface area contributed by atoms with Crippen LogP contribution in [0.15, 0.2) is 60.7 Å². The first kappa shape index (κ1) is 22.3. The highest BCUT2D eigenvalue weighted by molar-refractivity contribution is 7.14. The van der Waals surface area contributed by atoms with E-state index in [-0.39, 0.29) is 12.5 Å². The normalized spacial score (nSPS) is 17.2. The summed E-state index contributed by atoms with van der Waals surface area (Å²) in [6.07, 6.45) is 1.42. The summed E-state index contributed by atoms with van der Waals surface area (Å²) < 4.78 is 0. The molecule has 0 radical (unpaired) electrons. The molecule has 2 aromatic carbocycles. The SMILES string of the molecule is O=C(NCC(O)CN1CCc2ccccc2C1)c1cc2c(s1)CCN(Cc1ccccc1)C2. The molecule has 33 heavy (non-hydrogen) atoms. The number of carbonyl (C=O) groups excluding carboxylic acids is 1. The monoisotopic (exact) mass is 461 g/mol. The summed E-state index contributed by atoms with van der Waals surface area (Å²) >= 11 is 1.60. The van der Waals surface area contributed by atoms with Crippen LogP contribution in [0.3, 0.4) is 0 Å². The van der Waals surface area contributed by atoms with Gasteiger partial charge in [0, 0.05) is 50.7 Å². The Morgan fingerprint density at radius 2 is 1.67 bits per heavy atom. The number of fused-ring (bicyclic) bond motifs is 2. The molecule has 0 saturated heterocycles. The quantitative estimate of drug-likeness (QED) is 0.566. The number of thiophene rings is 1. The van der Waals surface area contributed by atoms with Crippen molar-refractivity contribution in [3.8, 4) is 0 Å². The van der Waals surface area contributed by atoms with Crippen molar-refractivity contribution in [1.29, 1.82) is 0 Å². The van der Waals surface area contributed by atoms with Gasteiger partial charge in [0.1, 0.15) is 0 Å². The second-order valence-electron chi connectivity index (χ2n) is 9.12. The van der Waals surface area contributed by atoms with Crippen LogP contribution in [0.25, 0.3) is 0 Å². The van der Waals surface area contributed by atoms with Gasteiger partial charge in [-0.05, 0) is 41.2 Å². The summed E-state index contributed by atoms with van der Waals surface area (Å²) in [7, 11) is 0. The largest absolute Gasteiger partial charge is 0.390 e. The number of amides is 1. The van der Waals surface area contributed by atoms with Gasteiger partial charge in [-0.3, -0.25) is 14.6 Å². The lowest BCUT2D eigenvalue weighted by Crippen LogP contribution is -2.41. The Bertz CT molecular complexity index is 1100. The first-order chi connectivity index (χ1) is 16.1. The second kappa shape index (κ2) is 10.2. The Morgan fingerprint density at radius 3 is 2.52 bits per heavy atom. The summed E-state index contributed by atoms with van der Waals surface area (Å²) in [6.45, 7) is 5.49. The van der Waals surface area contributed by atoms with Crippen LogP contribution >= 0.6 is 11.3 Å². The number of rotatable bonds is 7. The van der Waals surface area contributed by atoms with Crippen LogP contribution in [0.4, 0.5) is 0 Å². The standard InChI is InChI=1S/C27H31N3O2S/c31-24(19-30-12-10-21-8-4-5-9-22(21)17-30)15-28-27(32)26-14-23-18-29(13-11-25(23)33-26)16-20-6-2-1-3-7-20/h1-9,14,24,31H,10-13,15-19H2,(H,28,32). The minimum Gasteiger partial charge on any atom is -0.390 e. The lowest BCUT2D eigenvalue weighted by Gasteiger charge is -2.30. The molecule has 0 saturated carbocycles. The average molecular weight is 462 g/mol. The highest BCUT2D eigenvalue weighted by Gasteiger charge is 2.23. The predicted molar refractivity (Wildman–Crippen MR) is 132 cm³/mol. The van der Waals surface area contributed by atoms with E-state index in [1.165, 1.54) is 27.1 Å². The maximum absolute atomic E-state index is 12.8. The number of hydrogen-bond donors (Lipinski definition) is 2. The van der Waals surface area contributed by atoms with E-state index < -0.39 is 6.10 Å². The molecule has 5 rings (SSSR count). The third-order valence-electron chi connectivity index (χ3n) is 6.60. The molecule has 5 nitrogen and oxygen atoms in total. The van der Waals surface area contributed by atoms with Gasteiger partial charge in [0.2, 0.25) is 0 Å². The molecule has 1 amide bonds. The van der Waals surface area contributed by atoms with E-state index in [4.69, 9.17) is 0 Å². The molecular formula is C27H31N3O2S. The highest BCUT2D eigenvalue weighted by Crippen LogP contribution is 2.29. The minimum absolute atomic E-state index is 0.0768. The van der Waals surface area contributed by atoms with Crippen LogP contribution in [0.5, 0.6) is 0 Å². The second-order valence-corrected chi connectivity index (χ2v) is 10.3.